The zero-order chi connectivity index (χ0) is 11.4. The number of nitrogens with one attached hydrogen (secondary N) is 1. The van der Waals surface area contributed by atoms with Gasteiger partial charge in [0.25, 0.3) is 0 Å². The van der Waals surface area contributed by atoms with Crippen LogP contribution < -0.4 is 10.8 Å². The quantitative estimate of drug-likeness (QED) is 0.707. The third kappa shape index (κ3) is 2.79. The van der Waals surface area contributed by atoms with E-state index in [1.165, 1.54) is 6.07 Å². The second-order valence-electron chi connectivity index (χ2n) is 3.09. The zero-order valence-corrected chi connectivity index (χ0v) is 8.38. The van der Waals surface area contributed by atoms with Crippen molar-refractivity contribution in [2.45, 2.75) is 20.0 Å². The minimum atomic E-state index is -0.621. The Bertz CT molecular complexity index is 382. The molecule has 0 fully saturated rings. The van der Waals surface area contributed by atoms with Crippen LogP contribution in [0.1, 0.15) is 18.9 Å². The smallest absolute Gasteiger partial charge is 0.224 e. The Balaban J connectivity index is 3.09. The second-order valence-corrected chi connectivity index (χ2v) is 3.09. The summed E-state index contributed by atoms with van der Waals surface area (Å²) in [5, 5.41) is 11.4. The first-order valence-corrected chi connectivity index (χ1v) is 4.57. The first kappa shape index (κ1) is 11.7. The highest BCUT2D eigenvalue weighted by molar-refractivity contribution is 6.32. The maximum atomic E-state index is 13.3. The summed E-state index contributed by atoms with van der Waals surface area (Å²) < 4.78 is 13.3. The highest BCUT2D eigenvalue weighted by atomic mass is 19.1. The molecule has 78 valence electrons. The fourth-order valence-corrected chi connectivity index (χ4v) is 1.17. The number of anilines is 1. The Kier molecular flexibility index (Phi) is 3.85. The molecule has 0 saturated carbocycles. The van der Waals surface area contributed by atoms with Crippen LogP contribution in [0.3, 0.4) is 0 Å². The van der Waals surface area contributed by atoms with Crippen LogP contribution in [0.5, 0.6) is 0 Å². The van der Waals surface area contributed by atoms with Gasteiger partial charge in [-0.2, -0.15) is 0 Å². The lowest BCUT2D eigenvalue weighted by Crippen LogP contribution is -2.16. The minimum absolute atomic E-state index is 0.0472. The first-order chi connectivity index (χ1) is 7.08. The molecule has 0 heterocycles. The Morgan fingerprint density at radius 2 is 2.27 bits per heavy atom. The number of carbonyl (C=O) groups excluding carboxylic acids is 1. The van der Waals surface area contributed by atoms with Crippen molar-refractivity contribution in [3.05, 3.63) is 23.5 Å². The molecule has 5 heteroatoms. The van der Waals surface area contributed by atoms with Crippen molar-refractivity contribution in [1.82, 2.24) is 0 Å². The number of hydrogen-bond acceptors (Lipinski definition) is 2. The highest BCUT2D eigenvalue weighted by Crippen LogP contribution is 2.17. The monoisotopic (exact) mass is 207 g/mol. The summed E-state index contributed by atoms with van der Waals surface area (Å²) in [7, 11) is 5.43. The van der Waals surface area contributed by atoms with Gasteiger partial charge in [0.2, 0.25) is 5.91 Å². The number of rotatable bonds is 3. The lowest BCUT2D eigenvalue weighted by molar-refractivity contribution is -0.115. The van der Waals surface area contributed by atoms with Gasteiger partial charge in [-0.05, 0) is 12.1 Å². The fourth-order valence-electron chi connectivity index (χ4n) is 1.17. The van der Waals surface area contributed by atoms with Crippen molar-refractivity contribution in [2.24, 2.45) is 0 Å². The maximum Gasteiger partial charge on any atom is 0.224 e. The molecule has 0 aromatic heterocycles. The molecule has 15 heavy (non-hydrogen) atoms. The lowest BCUT2D eigenvalue weighted by Gasteiger charge is -2.11. The number of aliphatic hydroxyl groups is 1. The van der Waals surface area contributed by atoms with E-state index in [4.69, 9.17) is 13.0 Å². The van der Waals surface area contributed by atoms with Gasteiger partial charge in [0.05, 0.1) is 6.61 Å². The van der Waals surface area contributed by atoms with Crippen LogP contribution in [0.4, 0.5) is 10.1 Å². The number of benzene rings is 1. The predicted octanol–water partition coefficient (Wildman–Crippen LogP) is 0.460. The lowest BCUT2D eigenvalue weighted by atomic mass is 9.93. The summed E-state index contributed by atoms with van der Waals surface area (Å²) in [6.45, 7) is 1.20. The molecule has 0 spiro atoms. The van der Waals surface area contributed by atoms with Crippen molar-refractivity contribution in [2.75, 3.05) is 5.32 Å². The maximum absolute atomic E-state index is 13.3. The predicted molar refractivity (Wildman–Crippen MR) is 56.6 cm³/mol. The summed E-state index contributed by atoms with van der Waals surface area (Å²) in [4.78, 5) is 11.1. The molecular formula is C10H11BFNO2. The fraction of sp³-hybridized carbons (Fsp3) is 0.300. The van der Waals surface area contributed by atoms with Gasteiger partial charge < -0.3 is 10.4 Å². The van der Waals surface area contributed by atoms with Gasteiger partial charge in [-0.1, -0.05) is 12.4 Å². The van der Waals surface area contributed by atoms with E-state index in [0.717, 1.165) is 6.07 Å². The van der Waals surface area contributed by atoms with Crippen LogP contribution in [0, 0.1) is 5.82 Å². The molecule has 2 N–H and O–H groups in total. The Labute approximate surface area is 88.7 Å². The van der Waals surface area contributed by atoms with E-state index in [-0.39, 0.29) is 29.0 Å². The standard InChI is InChI=1S/C10H11BFNO2/c1-2-10(15)13-9-4-6(11)3-8(12)7(9)5-14/h3-4,14H,2,5H2,1H3,(H,13,15). The number of hydrogen-bond donors (Lipinski definition) is 2. The van der Waals surface area contributed by atoms with Crippen molar-refractivity contribution >= 4 is 24.9 Å². The number of carbonyl (C=O) groups is 1. The molecule has 1 aromatic rings. The molecule has 1 aromatic carbocycles. The van der Waals surface area contributed by atoms with Crippen LogP contribution in [0.25, 0.3) is 0 Å². The van der Waals surface area contributed by atoms with E-state index in [1.807, 2.05) is 0 Å². The SMILES string of the molecule is [B]c1cc(F)c(CO)c(NC(=O)CC)c1. The van der Waals surface area contributed by atoms with Crippen LogP contribution in [-0.2, 0) is 11.4 Å². The summed E-state index contributed by atoms with van der Waals surface area (Å²) in [6, 6.07) is 2.52. The van der Waals surface area contributed by atoms with Crippen molar-refractivity contribution in [1.29, 1.82) is 0 Å². The second kappa shape index (κ2) is 4.93. The van der Waals surface area contributed by atoms with Crippen molar-refractivity contribution < 1.29 is 14.3 Å². The third-order valence-electron chi connectivity index (χ3n) is 1.97. The van der Waals surface area contributed by atoms with Gasteiger partial charge in [-0.3, -0.25) is 4.79 Å². The average Bonchev–Trinajstić information content (AvgIpc) is 2.17. The Morgan fingerprint density at radius 1 is 1.60 bits per heavy atom. The molecule has 1 rings (SSSR count). The summed E-state index contributed by atoms with van der Waals surface area (Å²) >= 11 is 0. The molecule has 2 radical (unpaired) electrons. The van der Waals surface area contributed by atoms with Crippen LogP contribution in [0.2, 0.25) is 0 Å². The Morgan fingerprint density at radius 3 is 2.80 bits per heavy atom. The van der Waals surface area contributed by atoms with Crippen molar-refractivity contribution in [3.8, 4) is 0 Å². The van der Waals surface area contributed by atoms with Crippen LogP contribution >= 0.6 is 0 Å². The van der Waals surface area contributed by atoms with E-state index in [2.05, 4.69) is 5.32 Å². The molecule has 0 unspecified atom stereocenters. The average molecular weight is 207 g/mol. The van der Waals surface area contributed by atoms with Gasteiger partial charge in [-0.25, -0.2) is 4.39 Å². The Hall–Kier alpha value is -1.36. The van der Waals surface area contributed by atoms with E-state index < -0.39 is 12.4 Å². The summed E-state index contributed by atoms with van der Waals surface area (Å²) in [6.07, 6.45) is 0.279. The van der Waals surface area contributed by atoms with E-state index in [1.54, 1.807) is 6.92 Å². The third-order valence-corrected chi connectivity index (χ3v) is 1.97. The normalized spacial score (nSPS) is 10.1. The topological polar surface area (TPSA) is 49.3 Å². The molecular weight excluding hydrogens is 196 g/mol. The minimum Gasteiger partial charge on any atom is -0.391 e. The van der Waals surface area contributed by atoms with Gasteiger partial charge in [0.15, 0.2) is 0 Å². The molecule has 0 aliphatic rings. The van der Waals surface area contributed by atoms with Gasteiger partial charge in [-0.15, -0.1) is 0 Å². The number of aliphatic hydroxyl groups excluding tert-OH is 1. The first-order valence-electron chi connectivity index (χ1n) is 4.57. The summed E-state index contributed by atoms with van der Waals surface area (Å²) in [5.41, 5.74) is 0.476. The van der Waals surface area contributed by atoms with Crippen LogP contribution in [0.15, 0.2) is 12.1 Å². The zero-order valence-electron chi connectivity index (χ0n) is 8.38. The van der Waals surface area contributed by atoms with E-state index in [9.17, 15) is 9.18 Å². The molecule has 1 amide bonds. The summed E-state index contributed by atoms with van der Waals surface area (Å²) in [5.74, 6) is -0.876. The highest BCUT2D eigenvalue weighted by Gasteiger charge is 2.10. The number of halogens is 1. The largest absolute Gasteiger partial charge is 0.391 e. The number of amides is 1. The van der Waals surface area contributed by atoms with Gasteiger partial charge in [0, 0.05) is 17.7 Å². The molecule has 3 nitrogen and oxygen atoms in total. The molecule has 0 bridgehead atoms. The van der Waals surface area contributed by atoms with E-state index >= 15 is 0 Å². The molecule has 0 atom stereocenters. The molecule has 0 aliphatic carbocycles. The molecule has 0 saturated heterocycles. The van der Waals surface area contributed by atoms with Crippen molar-refractivity contribution in [3.63, 3.8) is 0 Å². The van der Waals surface area contributed by atoms with E-state index in [0.29, 0.717) is 0 Å². The molecule has 0 aliphatic heterocycles. The van der Waals surface area contributed by atoms with Gasteiger partial charge >= 0.3 is 0 Å². The van der Waals surface area contributed by atoms with Gasteiger partial charge in [0.1, 0.15) is 13.7 Å². The van der Waals surface area contributed by atoms with Crippen LogP contribution in [-0.4, -0.2) is 18.9 Å².